The highest BCUT2D eigenvalue weighted by atomic mass is 19.1. The molecule has 2 aromatic carbocycles. The highest BCUT2D eigenvalue weighted by molar-refractivity contribution is 6.16. The zero-order chi connectivity index (χ0) is 31.6. The van der Waals surface area contributed by atoms with Gasteiger partial charge in [0.2, 0.25) is 11.8 Å². The van der Waals surface area contributed by atoms with Crippen LogP contribution in [0, 0.1) is 23.0 Å². The molecule has 6 rings (SSSR count). The van der Waals surface area contributed by atoms with E-state index < -0.39 is 28.9 Å². The van der Waals surface area contributed by atoms with Gasteiger partial charge in [-0.25, -0.2) is 18.6 Å². The molecule has 0 atom stereocenters. The SMILES string of the molecule is NC(=O)C1(C(=O)N(c2ccc(F)cc2)c2ccc(Oc3ccnc(NC(=O)N4CCC(CN5CCCC5)CC4)c3)cc2F)CC1. The zero-order valence-electron chi connectivity index (χ0n) is 24.9. The maximum absolute atomic E-state index is 15.6. The summed E-state index contributed by atoms with van der Waals surface area (Å²) in [5, 5.41) is 2.83. The minimum absolute atomic E-state index is 0.127. The van der Waals surface area contributed by atoms with Gasteiger partial charge in [-0.15, -0.1) is 0 Å². The van der Waals surface area contributed by atoms with Crippen molar-refractivity contribution >= 4 is 35.0 Å². The number of hydrogen-bond donors (Lipinski definition) is 2. The van der Waals surface area contributed by atoms with E-state index in [-0.39, 0.29) is 36.0 Å². The molecule has 3 N–H and O–H groups in total. The lowest BCUT2D eigenvalue weighted by atomic mass is 9.96. The van der Waals surface area contributed by atoms with Gasteiger partial charge in [-0.1, -0.05) is 0 Å². The number of urea groups is 1. The third-order valence-electron chi connectivity index (χ3n) is 8.90. The summed E-state index contributed by atoms with van der Waals surface area (Å²) in [6, 6.07) is 11.8. The van der Waals surface area contributed by atoms with Crippen molar-refractivity contribution in [1.29, 1.82) is 0 Å². The number of anilines is 3. The molecule has 10 nitrogen and oxygen atoms in total. The van der Waals surface area contributed by atoms with Gasteiger partial charge in [0.15, 0.2) is 5.82 Å². The topological polar surface area (TPSA) is 121 Å². The van der Waals surface area contributed by atoms with Crippen LogP contribution in [0.2, 0.25) is 0 Å². The van der Waals surface area contributed by atoms with Gasteiger partial charge in [-0.2, -0.15) is 0 Å². The molecule has 0 bridgehead atoms. The van der Waals surface area contributed by atoms with Crippen LogP contribution in [0.5, 0.6) is 11.5 Å². The molecule has 2 aliphatic heterocycles. The summed E-state index contributed by atoms with van der Waals surface area (Å²) in [4.78, 5) is 48.1. The molecule has 0 unspecified atom stereocenters. The molecular formula is C33H36F2N6O4. The first-order chi connectivity index (χ1) is 21.7. The first-order valence-corrected chi connectivity index (χ1v) is 15.3. The van der Waals surface area contributed by atoms with Crippen molar-refractivity contribution in [3.05, 3.63) is 72.4 Å². The van der Waals surface area contributed by atoms with Crippen LogP contribution < -0.4 is 20.7 Å². The Hall–Kier alpha value is -4.58. The van der Waals surface area contributed by atoms with Gasteiger partial charge in [-0.05, 0) is 100.0 Å². The van der Waals surface area contributed by atoms with E-state index in [1.807, 2.05) is 0 Å². The second kappa shape index (κ2) is 12.8. The standard InChI is InChI=1S/C33H36F2N6O4/c34-23-3-5-24(6-4-23)41(31(43)33(12-13-33)30(36)42)28-8-7-25(19-27(28)35)45-26-9-14-37-29(20-26)38-32(44)40-17-10-22(11-18-40)21-39-15-1-2-16-39/h3-9,14,19-20,22H,1-2,10-13,15-18,21H2,(H2,36,42)(H,37,38,44). The van der Waals surface area contributed by atoms with Crippen molar-refractivity contribution < 1.29 is 27.9 Å². The van der Waals surface area contributed by atoms with Gasteiger partial charge in [0.05, 0.1) is 5.69 Å². The molecule has 2 saturated heterocycles. The summed E-state index contributed by atoms with van der Waals surface area (Å²) in [7, 11) is 0. The Labute approximate surface area is 260 Å². The molecule has 1 saturated carbocycles. The number of pyridine rings is 1. The lowest BCUT2D eigenvalue weighted by Gasteiger charge is -2.33. The molecule has 3 fully saturated rings. The second-order valence-corrected chi connectivity index (χ2v) is 12.0. The van der Waals surface area contributed by atoms with Crippen molar-refractivity contribution in [1.82, 2.24) is 14.8 Å². The molecule has 0 spiro atoms. The zero-order valence-corrected chi connectivity index (χ0v) is 24.9. The van der Waals surface area contributed by atoms with Crippen molar-refractivity contribution in [3.8, 4) is 11.5 Å². The monoisotopic (exact) mass is 618 g/mol. The number of piperidine rings is 1. The Morgan fingerprint density at radius 2 is 1.64 bits per heavy atom. The lowest BCUT2D eigenvalue weighted by molar-refractivity contribution is -0.133. The van der Waals surface area contributed by atoms with Crippen LogP contribution in [0.3, 0.4) is 0 Å². The molecule has 45 heavy (non-hydrogen) atoms. The minimum Gasteiger partial charge on any atom is -0.457 e. The van der Waals surface area contributed by atoms with Crippen LogP contribution >= 0.6 is 0 Å². The predicted molar refractivity (Wildman–Crippen MR) is 164 cm³/mol. The summed E-state index contributed by atoms with van der Waals surface area (Å²) in [6.07, 6.45) is 6.46. The molecule has 3 aliphatic rings. The van der Waals surface area contributed by atoms with Gasteiger partial charge in [0.25, 0.3) is 0 Å². The average Bonchev–Trinajstić information content (AvgIpc) is 3.70. The number of carbonyl (C=O) groups excluding carboxylic acids is 3. The Bertz CT molecular complexity index is 1570. The summed E-state index contributed by atoms with van der Waals surface area (Å²) in [5.74, 6) is -1.47. The van der Waals surface area contributed by atoms with E-state index >= 15 is 4.39 Å². The van der Waals surface area contributed by atoms with Crippen LogP contribution in [-0.4, -0.2) is 65.4 Å². The maximum atomic E-state index is 15.6. The van der Waals surface area contributed by atoms with Gasteiger partial charge >= 0.3 is 6.03 Å². The number of hydrogen-bond acceptors (Lipinski definition) is 6. The van der Waals surface area contributed by atoms with Crippen LogP contribution in [-0.2, 0) is 9.59 Å². The summed E-state index contributed by atoms with van der Waals surface area (Å²) in [6.45, 7) is 4.82. The Kier molecular flexibility index (Phi) is 8.66. The van der Waals surface area contributed by atoms with Gasteiger partial charge in [0.1, 0.15) is 28.5 Å². The van der Waals surface area contributed by atoms with Gasteiger partial charge < -0.3 is 20.3 Å². The number of nitrogens with one attached hydrogen (secondary N) is 1. The van der Waals surface area contributed by atoms with E-state index in [1.54, 1.807) is 17.0 Å². The predicted octanol–water partition coefficient (Wildman–Crippen LogP) is 5.42. The normalized spacial score (nSPS) is 18.0. The van der Waals surface area contributed by atoms with Crippen molar-refractivity contribution in [2.75, 3.05) is 42.9 Å². The highest BCUT2D eigenvalue weighted by Gasteiger charge is 2.57. The number of halogens is 2. The quantitative estimate of drug-likeness (QED) is 0.309. The smallest absolute Gasteiger partial charge is 0.323 e. The third kappa shape index (κ3) is 6.75. The molecule has 12 heteroatoms. The van der Waals surface area contributed by atoms with Gasteiger partial charge in [-0.3, -0.25) is 19.8 Å². The largest absolute Gasteiger partial charge is 0.457 e. The molecule has 4 amide bonds. The minimum atomic E-state index is -1.43. The second-order valence-electron chi connectivity index (χ2n) is 12.0. The first-order valence-electron chi connectivity index (χ1n) is 15.3. The maximum Gasteiger partial charge on any atom is 0.323 e. The Balaban J connectivity index is 1.12. The number of aromatic nitrogens is 1. The van der Waals surface area contributed by atoms with Crippen molar-refractivity contribution in [3.63, 3.8) is 0 Å². The summed E-state index contributed by atoms with van der Waals surface area (Å²) in [5.41, 5.74) is 4.13. The number of rotatable bonds is 9. The molecule has 0 radical (unpaired) electrons. The molecule has 3 heterocycles. The number of nitrogens with two attached hydrogens (primary N) is 1. The van der Waals surface area contributed by atoms with E-state index in [2.05, 4.69) is 15.2 Å². The Morgan fingerprint density at radius 3 is 2.29 bits per heavy atom. The first kappa shape index (κ1) is 30.4. The average molecular weight is 619 g/mol. The molecule has 236 valence electrons. The molecule has 3 aromatic rings. The van der Waals surface area contributed by atoms with E-state index in [4.69, 9.17) is 10.5 Å². The number of primary amides is 1. The number of ether oxygens (including phenoxy) is 1. The highest BCUT2D eigenvalue weighted by Crippen LogP contribution is 2.49. The Morgan fingerprint density at radius 1 is 0.956 bits per heavy atom. The number of nitrogens with zero attached hydrogens (tertiary/aromatic N) is 4. The van der Waals surface area contributed by atoms with Crippen molar-refractivity contribution in [2.24, 2.45) is 17.1 Å². The fourth-order valence-corrected chi connectivity index (χ4v) is 6.11. The van der Waals surface area contributed by atoms with Crippen LogP contribution in [0.1, 0.15) is 38.5 Å². The third-order valence-corrected chi connectivity index (χ3v) is 8.90. The lowest BCUT2D eigenvalue weighted by Crippen LogP contribution is -2.43. The van der Waals surface area contributed by atoms with Crippen LogP contribution in [0.15, 0.2) is 60.8 Å². The van der Waals surface area contributed by atoms with Gasteiger partial charge in [0, 0.05) is 43.7 Å². The fraction of sp³-hybridized carbons (Fsp3) is 0.394. The number of benzene rings is 2. The van der Waals surface area contributed by atoms with Crippen LogP contribution in [0.4, 0.5) is 30.8 Å². The molecular weight excluding hydrogens is 582 g/mol. The van der Waals surface area contributed by atoms with E-state index in [1.165, 1.54) is 56.4 Å². The van der Waals surface area contributed by atoms with E-state index in [0.29, 0.717) is 30.6 Å². The summed E-state index contributed by atoms with van der Waals surface area (Å²) < 4.78 is 35.1. The van der Waals surface area contributed by atoms with E-state index in [9.17, 15) is 18.8 Å². The molecule has 1 aromatic heterocycles. The van der Waals surface area contributed by atoms with Crippen LogP contribution in [0.25, 0.3) is 0 Å². The number of carbonyl (C=O) groups is 3. The fourth-order valence-electron chi connectivity index (χ4n) is 6.11. The number of amides is 4. The summed E-state index contributed by atoms with van der Waals surface area (Å²) >= 11 is 0. The van der Waals surface area contributed by atoms with Crippen molar-refractivity contribution in [2.45, 2.75) is 38.5 Å². The number of likely N-dealkylation sites (tertiary alicyclic amines) is 2. The molecule has 1 aliphatic carbocycles. The van der Waals surface area contributed by atoms with E-state index in [0.717, 1.165) is 42.5 Å².